The number of hydrogen-bond acceptors (Lipinski definition) is 5. The molecule has 0 amide bonds. The maximum absolute atomic E-state index is 10.8. The van der Waals surface area contributed by atoms with Crippen LogP contribution in [-0.2, 0) is 0 Å². The minimum Gasteiger partial charge on any atom is -0.354 e. The monoisotopic (exact) mass is 382 g/mol. The number of fused-ring (bicyclic) bond motifs is 1. The minimum atomic E-state index is -0.422. The first-order valence-electron chi connectivity index (χ1n) is 8.98. The van der Waals surface area contributed by atoms with Gasteiger partial charge in [-0.2, -0.15) is 0 Å². The van der Waals surface area contributed by atoms with Gasteiger partial charge in [0.2, 0.25) is 0 Å². The van der Waals surface area contributed by atoms with E-state index in [9.17, 15) is 10.1 Å². The molecule has 2 aromatic rings. The van der Waals surface area contributed by atoms with Crippen molar-refractivity contribution >= 4 is 23.1 Å². The van der Waals surface area contributed by atoms with Gasteiger partial charge in [0.05, 0.1) is 11.0 Å². The van der Waals surface area contributed by atoms with Gasteiger partial charge in [0.25, 0.3) is 5.69 Å². The van der Waals surface area contributed by atoms with Gasteiger partial charge in [-0.1, -0.05) is 29.5 Å². The highest BCUT2D eigenvalue weighted by atomic mass is 35.5. The van der Waals surface area contributed by atoms with Crippen molar-refractivity contribution in [3.05, 3.63) is 63.3 Å². The highest BCUT2D eigenvalue weighted by Crippen LogP contribution is 2.29. The molecule has 2 unspecified atom stereocenters. The lowest BCUT2D eigenvalue weighted by Crippen LogP contribution is -2.52. The van der Waals surface area contributed by atoms with E-state index in [-0.39, 0.29) is 11.7 Å². The number of hydrogen-bond donors (Lipinski definition) is 0. The number of aromatic nitrogens is 1. The van der Waals surface area contributed by atoms with Crippen LogP contribution in [0.3, 0.4) is 0 Å². The van der Waals surface area contributed by atoms with E-state index in [1.165, 1.54) is 12.3 Å². The van der Waals surface area contributed by atoms with Gasteiger partial charge in [0.15, 0.2) is 0 Å². The van der Waals surface area contributed by atoms with E-state index in [1.54, 1.807) is 6.07 Å². The maximum Gasteiger partial charge on any atom is 0.287 e. The number of benzene rings is 1. The fourth-order valence-corrected chi connectivity index (χ4v) is 4.01. The Balaban J connectivity index is 1.42. The van der Waals surface area contributed by atoms with Crippen molar-refractivity contribution in [1.82, 2.24) is 9.88 Å². The summed E-state index contributed by atoms with van der Waals surface area (Å²) >= 11 is 6.03. The minimum absolute atomic E-state index is 0.0228. The van der Waals surface area contributed by atoms with Gasteiger partial charge in [-0.05, 0) is 37.1 Å². The van der Waals surface area contributed by atoms with Crippen molar-refractivity contribution in [3.8, 4) is 11.8 Å². The van der Waals surface area contributed by atoms with Crippen LogP contribution in [0, 0.1) is 22.0 Å². The molecule has 0 spiro atoms. The summed E-state index contributed by atoms with van der Waals surface area (Å²) in [7, 11) is 0. The third-order valence-corrected chi connectivity index (χ3v) is 5.41. The lowest BCUT2D eigenvalue weighted by atomic mass is 10.1. The van der Waals surface area contributed by atoms with E-state index in [1.807, 2.05) is 24.3 Å². The summed E-state index contributed by atoms with van der Waals surface area (Å²) in [4.78, 5) is 19.3. The molecule has 3 heterocycles. The Morgan fingerprint density at radius 1 is 1.22 bits per heavy atom. The predicted molar refractivity (Wildman–Crippen MR) is 105 cm³/mol. The van der Waals surface area contributed by atoms with Gasteiger partial charge < -0.3 is 4.90 Å². The molecule has 0 N–H and O–H groups in total. The van der Waals surface area contributed by atoms with Gasteiger partial charge in [-0.3, -0.25) is 15.0 Å². The number of anilines is 1. The third kappa shape index (κ3) is 3.90. The molecule has 0 bridgehead atoms. The molecular formula is C20H19ClN4O2. The van der Waals surface area contributed by atoms with Gasteiger partial charge >= 0.3 is 0 Å². The second-order valence-electron chi connectivity index (χ2n) is 6.84. The Hall–Kier alpha value is -2.62. The molecule has 7 heteroatoms. The molecule has 4 rings (SSSR count). The first kappa shape index (κ1) is 17.8. The molecule has 0 radical (unpaired) electrons. The molecule has 2 saturated heterocycles. The Morgan fingerprint density at radius 2 is 2.11 bits per heavy atom. The Bertz CT molecular complexity index is 906. The molecule has 27 heavy (non-hydrogen) atoms. The van der Waals surface area contributed by atoms with Crippen molar-refractivity contribution in [2.45, 2.75) is 24.9 Å². The molecular weight excluding hydrogens is 364 g/mol. The van der Waals surface area contributed by atoms with E-state index >= 15 is 0 Å². The van der Waals surface area contributed by atoms with Crippen molar-refractivity contribution < 1.29 is 4.92 Å². The lowest BCUT2D eigenvalue weighted by Gasteiger charge is -2.39. The standard InChI is InChI=1S/C20H19ClN4O2/c21-16-3-1-2-15(12-16)4-5-17-6-7-19-14-23(10-11-24(17)19)20-9-8-18(13-22-20)25(26)27/h1-3,8-9,12-13,17,19H,6-7,10-11,14H2. The second kappa shape index (κ2) is 7.55. The molecule has 0 saturated carbocycles. The summed E-state index contributed by atoms with van der Waals surface area (Å²) in [6, 6.07) is 11.6. The molecule has 2 aliphatic rings. The third-order valence-electron chi connectivity index (χ3n) is 5.18. The number of piperazine rings is 1. The van der Waals surface area contributed by atoms with Crippen molar-refractivity contribution in [2.24, 2.45) is 0 Å². The molecule has 2 aliphatic heterocycles. The van der Waals surface area contributed by atoms with Crippen LogP contribution in [0.25, 0.3) is 0 Å². The molecule has 0 aliphatic carbocycles. The number of nitrogens with zero attached hydrogens (tertiary/aromatic N) is 4. The van der Waals surface area contributed by atoms with Gasteiger partial charge in [0.1, 0.15) is 12.0 Å². The van der Waals surface area contributed by atoms with Gasteiger partial charge in [-0.15, -0.1) is 0 Å². The quantitative estimate of drug-likeness (QED) is 0.453. The SMILES string of the molecule is O=[N+]([O-])c1ccc(N2CCN3C(C#Cc4cccc(Cl)c4)CCC3C2)nc1. The lowest BCUT2D eigenvalue weighted by molar-refractivity contribution is -0.385. The number of halogens is 1. The summed E-state index contributed by atoms with van der Waals surface area (Å²) in [5.74, 6) is 7.46. The van der Waals surface area contributed by atoms with Crippen LogP contribution >= 0.6 is 11.6 Å². The fraction of sp³-hybridized carbons (Fsp3) is 0.350. The average molecular weight is 383 g/mol. The zero-order valence-corrected chi connectivity index (χ0v) is 15.5. The Kier molecular flexibility index (Phi) is 4.97. The Morgan fingerprint density at radius 3 is 2.85 bits per heavy atom. The molecule has 138 valence electrons. The number of pyridine rings is 1. The summed E-state index contributed by atoms with van der Waals surface area (Å²) in [6.45, 7) is 2.63. The van der Waals surface area contributed by atoms with Crippen molar-refractivity contribution in [3.63, 3.8) is 0 Å². The van der Waals surface area contributed by atoms with Crippen LogP contribution in [0.15, 0.2) is 42.6 Å². The summed E-state index contributed by atoms with van der Waals surface area (Å²) < 4.78 is 0. The van der Waals surface area contributed by atoms with E-state index in [2.05, 4.69) is 26.6 Å². The largest absolute Gasteiger partial charge is 0.354 e. The first-order valence-corrected chi connectivity index (χ1v) is 9.36. The fourth-order valence-electron chi connectivity index (χ4n) is 3.82. The van der Waals surface area contributed by atoms with Crippen LogP contribution in [0.1, 0.15) is 18.4 Å². The smallest absolute Gasteiger partial charge is 0.287 e. The molecule has 1 aromatic heterocycles. The first-order chi connectivity index (χ1) is 13.1. The molecule has 1 aromatic carbocycles. The van der Waals surface area contributed by atoms with Gasteiger partial charge in [-0.25, -0.2) is 4.98 Å². The predicted octanol–water partition coefficient (Wildman–Crippen LogP) is 3.35. The molecule has 2 fully saturated rings. The van der Waals surface area contributed by atoms with Crippen LogP contribution in [0.4, 0.5) is 11.5 Å². The summed E-state index contributed by atoms with van der Waals surface area (Å²) in [5.41, 5.74) is 0.967. The van der Waals surface area contributed by atoms with Crippen LogP contribution in [0.5, 0.6) is 0 Å². The highest BCUT2D eigenvalue weighted by Gasteiger charge is 2.36. The maximum atomic E-state index is 10.8. The Labute approximate surface area is 162 Å². The van der Waals surface area contributed by atoms with Crippen molar-refractivity contribution in [1.29, 1.82) is 0 Å². The summed E-state index contributed by atoms with van der Waals surface area (Å²) in [5, 5.41) is 11.5. The molecule has 6 nitrogen and oxygen atoms in total. The highest BCUT2D eigenvalue weighted by molar-refractivity contribution is 6.30. The van der Waals surface area contributed by atoms with E-state index in [0.717, 1.165) is 43.9 Å². The topological polar surface area (TPSA) is 62.5 Å². The number of nitro groups is 1. The van der Waals surface area contributed by atoms with Crippen LogP contribution < -0.4 is 4.90 Å². The van der Waals surface area contributed by atoms with Gasteiger partial charge in [0, 0.05) is 42.3 Å². The average Bonchev–Trinajstić information content (AvgIpc) is 3.09. The zero-order chi connectivity index (χ0) is 18.8. The number of rotatable bonds is 2. The second-order valence-corrected chi connectivity index (χ2v) is 7.28. The summed E-state index contributed by atoms with van der Waals surface area (Å²) in [6.07, 6.45) is 3.48. The van der Waals surface area contributed by atoms with Crippen LogP contribution in [-0.4, -0.2) is 46.5 Å². The molecule has 2 atom stereocenters. The van der Waals surface area contributed by atoms with Crippen molar-refractivity contribution in [2.75, 3.05) is 24.5 Å². The van der Waals surface area contributed by atoms with Crippen LogP contribution in [0.2, 0.25) is 5.02 Å². The normalized spacial score (nSPS) is 22.0. The van der Waals surface area contributed by atoms with E-state index < -0.39 is 4.92 Å². The van der Waals surface area contributed by atoms with E-state index in [4.69, 9.17) is 11.6 Å². The van der Waals surface area contributed by atoms with E-state index in [0.29, 0.717) is 11.1 Å². The zero-order valence-electron chi connectivity index (χ0n) is 14.7.